The van der Waals surface area contributed by atoms with E-state index in [1.807, 2.05) is 19.9 Å². The second kappa shape index (κ2) is 6.40. The molecule has 1 amide bonds. The minimum absolute atomic E-state index is 0.0118. The number of nitrogens with zero attached hydrogens (tertiary/aromatic N) is 1. The van der Waals surface area contributed by atoms with E-state index < -0.39 is 6.10 Å². The molecular weight excluding hydrogens is 230 g/mol. The van der Waals surface area contributed by atoms with E-state index in [-0.39, 0.29) is 18.6 Å². The Morgan fingerprint density at radius 3 is 2.61 bits per heavy atom. The lowest BCUT2D eigenvalue weighted by Gasteiger charge is -2.21. The first-order valence-corrected chi connectivity index (χ1v) is 6.08. The zero-order chi connectivity index (χ0) is 13.7. The number of carbonyl (C=O) groups excluding carboxylic acids is 1. The van der Waals surface area contributed by atoms with E-state index in [4.69, 9.17) is 4.74 Å². The zero-order valence-corrected chi connectivity index (χ0v) is 11.4. The number of amides is 1. The number of likely N-dealkylation sites (N-methyl/N-ethyl adjacent to an activating group) is 1. The van der Waals surface area contributed by atoms with Crippen LogP contribution in [0, 0.1) is 0 Å². The van der Waals surface area contributed by atoms with Gasteiger partial charge in [-0.3, -0.25) is 4.79 Å². The quantitative estimate of drug-likeness (QED) is 0.870. The van der Waals surface area contributed by atoms with E-state index in [1.165, 1.54) is 0 Å². The molecule has 1 aromatic rings. The van der Waals surface area contributed by atoms with E-state index in [1.54, 1.807) is 37.1 Å². The van der Waals surface area contributed by atoms with Crippen LogP contribution in [-0.2, 0) is 4.79 Å². The first-order valence-electron chi connectivity index (χ1n) is 6.08. The van der Waals surface area contributed by atoms with Crippen molar-refractivity contribution in [3.63, 3.8) is 0 Å². The first kappa shape index (κ1) is 14.5. The Morgan fingerprint density at radius 2 is 2.06 bits per heavy atom. The fraction of sp³-hybridized carbons (Fsp3) is 0.500. The predicted molar refractivity (Wildman–Crippen MR) is 70.5 cm³/mol. The minimum atomic E-state index is -0.539. The summed E-state index contributed by atoms with van der Waals surface area (Å²) >= 11 is 0. The Kier molecular flexibility index (Phi) is 5.16. The summed E-state index contributed by atoms with van der Waals surface area (Å²) in [4.78, 5) is 13.4. The molecule has 1 rings (SSSR count). The molecule has 0 radical (unpaired) electrons. The Bertz CT molecular complexity index is 402. The number of benzene rings is 1. The molecule has 18 heavy (non-hydrogen) atoms. The van der Waals surface area contributed by atoms with Crippen molar-refractivity contribution >= 4 is 5.91 Å². The summed E-state index contributed by atoms with van der Waals surface area (Å²) in [5, 5.41) is 9.46. The van der Waals surface area contributed by atoms with Crippen LogP contribution in [0.25, 0.3) is 0 Å². The molecule has 1 N–H and O–H groups in total. The summed E-state index contributed by atoms with van der Waals surface area (Å²) in [5.74, 6) is 0.534. The second-order valence-corrected chi connectivity index (χ2v) is 4.64. The minimum Gasteiger partial charge on any atom is -0.484 e. The summed E-state index contributed by atoms with van der Waals surface area (Å²) in [6, 6.07) is 7.29. The highest BCUT2D eigenvalue weighted by Gasteiger charge is 2.12. The van der Waals surface area contributed by atoms with E-state index in [2.05, 4.69) is 0 Å². The molecule has 0 bridgehead atoms. The van der Waals surface area contributed by atoms with Crippen molar-refractivity contribution in [1.29, 1.82) is 0 Å². The van der Waals surface area contributed by atoms with E-state index in [0.29, 0.717) is 5.75 Å². The maximum Gasteiger partial charge on any atom is 0.260 e. The first-order chi connectivity index (χ1) is 8.41. The van der Waals surface area contributed by atoms with Gasteiger partial charge in [-0.05, 0) is 38.5 Å². The van der Waals surface area contributed by atoms with Gasteiger partial charge in [0.25, 0.3) is 5.91 Å². The Balaban J connectivity index is 2.58. The van der Waals surface area contributed by atoms with Crippen LogP contribution in [0.2, 0.25) is 0 Å². The molecule has 0 aliphatic heterocycles. The van der Waals surface area contributed by atoms with Crippen LogP contribution in [0.1, 0.15) is 32.4 Å². The third-order valence-corrected chi connectivity index (χ3v) is 2.87. The number of aliphatic hydroxyl groups excluding tert-OH is 1. The van der Waals surface area contributed by atoms with Crippen LogP contribution < -0.4 is 4.74 Å². The molecule has 0 heterocycles. The molecule has 4 heteroatoms. The predicted octanol–water partition coefficient (Wildman–Crippen LogP) is 1.99. The number of aliphatic hydroxyl groups is 1. The van der Waals surface area contributed by atoms with Crippen LogP contribution in [-0.4, -0.2) is 35.6 Å². The SMILES string of the molecule is CC(C)N(C)C(=O)COc1cccc([C@H](C)O)c1. The average molecular weight is 251 g/mol. The molecule has 0 saturated carbocycles. The topological polar surface area (TPSA) is 49.8 Å². The second-order valence-electron chi connectivity index (χ2n) is 4.64. The fourth-order valence-electron chi connectivity index (χ4n) is 1.40. The van der Waals surface area contributed by atoms with Gasteiger partial charge in [-0.2, -0.15) is 0 Å². The Morgan fingerprint density at radius 1 is 1.39 bits per heavy atom. The lowest BCUT2D eigenvalue weighted by Crippen LogP contribution is -2.36. The summed E-state index contributed by atoms with van der Waals surface area (Å²) < 4.78 is 5.43. The van der Waals surface area contributed by atoms with Gasteiger partial charge in [-0.15, -0.1) is 0 Å². The lowest BCUT2D eigenvalue weighted by molar-refractivity contribution is -0.133. The van der Waals surface area contributed by atoms with Crippen LogP contribution >= 0.6 is 0 Å². The normalized spacial score (nSPS) is 12.3. The molecular formula is C14H21NO3. The number of hydrogen-bond donors (Lipinski definition) is 1. The van der Waals surface area contributed by atoms with Crippen LogP contribution in [0.15, 0.2) is 24.3 Å². The van der Waals surface area contributed by atoms with Crippen LogP contribution in [0.3, 0.4) is 0 Å². The van der Waals surface area contributed by atoms with Crippen molar-refractivity contribution in [2.24, 2.45) is 0 Å². The van der Waals surface area contributed by atoms with Gasteiger partial charge in [0, 0.05) is 13.1 Å². The highest BCUT2D eigenvalue weighted by atomic mass is 16.5. The van der Waals surface area contributed by atoms with E-state index >= 15 is 0 Å². The summed E-state index contributed by atoms with van der Waals surface area (Å²) in [6.07, 6.45) is -0.539. The zero-order valence-electron chi connectivity index (χ0n) is 11.4. The van der Waals surface area contributed by atoms with Crippen molar-refractivity contribution in [2.75, 3.05) is 13.7 Å². The van der Waals surface area contributed by atoms with Gasteiger partial charge in [0.1, 0.15) is 5.75 Å². The standard InChI is InChI=1S/C14H21NO3/c1-10(2)15(4)14(17)9-18-13-7-5-6-12(8-13)11(3)16/h5-8,10-11,16H,9H2,1-4H3/t11-/m0/s1. The van der Waals surface area contributed by atoms with Crippen molar-refractivity contribution in [1.82, 2.24) is 4.90 Å². The smallest absolute Gasteiger partial charge is 0.260 e. The largest absolute Gasteiger partial charge is 0.484 e. The molecule has 1 atom stereocenters. The third kappa shape index (κ3) is 4.04. The van der Waals surface area contributed by atoms with Gasteiger partial charge in [-0.25, -0.2) is 0 Å². The average Bonchev–Trinajstić information content (AvgIpc) is 2.35. The van der Waals surface area contributed by atoms with Crippen molar-refractivity contribution in [3.8, 4) is 5.75 Å². The van der Waals surface area contributed by atoms with Crippen LogP contribution in [0.4, 0.5) is 0 Å². The highest BCUT2D eigenvalue weighted by Crippen LogP contribution is 2.18. The van der Waals surface area contributed by atoms with Gasteiger partial charge in [0.2, 0.25) is 0 Å². The van der Waals surface area contributed by atoms with Crippen LogP contribution in [0.5, 0.6) is 5.75 Å². The van der Waals surface area contributed by atoms with Gasteiger partial charge >= 0.3 is 0 Å². The highest BCUT2D eigenvalue weighted by molar-refractivity contribution is 5.77. The Labute approximate surface area is 108 Å². The van der Waals surface area contributed by atoms with Gasteiger partial charge in [0.05, 0.1) is 6.10 Å². The number of ether oxygens (including phenoxy) is 1. The number of hydrogen-bond acceptors (Lipinski definition) is 3. The number of carbonyl (C=O) groups is 1. The molecule has 0 fully saturated rings. The van der Waals surface area contributed by atoms with Crippen molar-refractivity contribution < 1.29 is 14.6 Å². The molecule has 100 valence electrons. The van der Waals surface area contributed by atoms with E-state index in [0.717, 1.165) is 5.56 Å². The Hall–Kier alpha value is -1.55. The maximum absolute atomic E-state index is 11.7. The lowest BCUT2D eigenvalue weighted by atomic mass is 10.1. The summed E-state index contributed by atoms with van der Waals surface area (Å²) in [7, 11) is 1.75. The molecule has 0 spiro atoms. The molecule has 4 nitrogen and oxygen atoms in total. The maximum atomic E-state index is 11.7. The molecule has 0 saturated heterocycles. The molecule has 0 unspecified atom stereocenters. The molecule has 0 aliphatic carbocycles. The van der Waals surface area contributed by atoms with Crippen molar-refractivity contribution in [3.05, 3.63) is 29.8 Å². The molecule has 1 aromatic carbocycles. The fourth-order valence-corrected chi connectivity index (χ4v) is 1.40. The third-order valence-electron chi connectivity index (χ3n) is 2.87. The molecule has 0 aromatic heterocycles. The number of rotatable bonds is 5. The van der Waals surface area contributed by atoms with Gasteiger partial charge in [0.15, 0.2) is 6.61 Å². The molecule has 0 aliphatic rings. The van der Waals surface area contributed by atoms with Crippen molar-refractivity contribution in [2.45, 2.75) is 32.9 Å². The summed E-state index contributed by atoms with van der Waals surface area (Å²) in [6.45, 7) is 5.60. The van der Waals surface area contributed by atoms with Gasteiger partial charge in [-0.1, -0.05) is 12.1 Å². The van der Waals surface area contributed by atoms with Gasteiger partial charge < -0.3 is 14.7 Å². The summed E-state index contributed by atoms with van der Waals surface area (Å²) in [5.41, 5.74) is 0.775. The monoisotopic (exact) mass is 251 g/mol. The van der Waals surface area contributed by atoms with E-state index in [9.17, 15) is 9.90 Å².